The molecule has 0 aliphatic carbocycles. The molecule has 0 spiro atoms. The van der Waals surface area contributed by atoms with Crippen molar-refractivity contribution in [1.29, 1.82) is 0 Å². The first-order valence-corrected chi connectivity index (χ1v) is 11.1. The maximum atomic E-state index is 13.8. The fraction of sp³-hybridized carbons (Fsp3) is 0.174. The van der Waals surface area contributed by atoms with E-state index in [2.05, 4.69) is 10.0 Å². The highest BCUT2D eigenvalue weighted by atomic mass is 32.2. The van der Waals surface area contributed by atoms with Crippen LogP contribution in [0.25, 0.3) is 0 Å². The van der Waals surface area contributed by atoms with E-state index in [4.69, 9.17) is 0 Å². The summed E-state index contributed by atoms with van der Waals surface area (Å²) >= 11 is 0. The van der Waals surface area contributed by atoms with E-state index in [0.29, 0.717) is 6.54 Å². The van der Waals surface area contributed by atoms with Gasteiger partial charge in [-0.25, -0.2) is 12.8 Å². The molecular weight excluding hydrogens is 417 g/mol. The number of hydrogen-bond acceptors (Lipinski definition) is 4. The molecule has 2 N–H and O–H groups in total. The van der Waals surface area contributed by atoms with Crippen molar-refractivity contribution in [2.75, 3.05) is 25.4 Å². The Kier molecular flexibility index (Phi) is 7.04. The lowest BCUT2D eigenvalue weighted by Gasteiger charge is -2.25. The molecule has 0 saturated carbocycles. The van der Waals surface area contributed by atoms with Crippen LogP contribution in [0.4, 0.5) is 10.1 Å². The summed E-state index contributed by atoms with van der Waals surface area (Å²) in [6.07, 6.45) is 0. The van der Waals surface area contributed by atoms with Crippen molar-refractivity contribution >= 4 is 21.6 Å². The van der Waals surface area contributed by atoms with Crippen LogP contribution >= 0.6 is 0 Å². The van der Waals surface area contributed by atoms with Gasteiger partial charge in [0.25, 0.3) is 15.9 Å². The van der Waals surface area contributed by atoms with Gasteiger partial charge < -0.3 is 10.2 Å². The van der Waals surface area contributed by atoms with Gasteiger partial charge in [-0.3, -0.25) is 9.52 Å². The molecule has 0 aromatic heterocycles. The lowest BCUT2D eigenvalue weighted by molar-refractivity contribution is 0.0941. The van der Waals surface area contributed by atoms with Gasteiger partial charge in [0.1, 0.15) is 5.82 Å². The Morgan fingerprint density at radius 3 is 2.32 bits per heavy atom. The standard InChI is InChI=1S/C23H24FN3O3S/c1-27(2)22(17-9-4-3-5-10-17)16-25-23(28)18-11-8-12-19(15-18)31(29,30)26-21-14-7-6-13-20(21)24/h3-15,22,26H,16H2,1-2H3,(H,25,28). The summed E-state index contributed by atoms with van der Waals surface area (Å²) in [5.74, 6) is -1.08. The van der Waals surface area contributed by atoms with Crippen LogP contribution in [0.15, 0.2) is 83.8 Å². The number of benzene rings is 3. The molecule has 1 amide bonds. The Hall–Kier alpha value is -3.23. The maximum absolute atomic E-state index is 13.8. The summed E-state index contributed by atoms with van der Waals surface area (Å²) in [4.78, 5) is 14.6. The number of halogens is 1. The normalized spacial score (nSPS) is 12.4. The van der Waals surface area contributed by atoms with E-state index in [1.807, 2.05) is 49.3 Å². The average molecular weight is 442 g/mol. The van der Waals surface area contributed by atoms with E-state index in [0.717, 1.165) is 11.6 Å². The zero-order valence-corrected chi connectivity index (χ0v) is 18.1. The topological polar surface area (TPSA) is 78.5 Å². The van der Waals surface area contributed by atoms with Gasteiger partial charge in [0.15, 0.2) is 0 Å². The van der Waals surface area contributed by atoms with Crippen LogP contribution in [-0.2, 0) is 10.0 Å². The zero-order chi connectivity index (χ0) is 22.4. The van der Waals surface area contributed by atoms with Crippen LogP contribution in [0, 0.1) is 5.82 Å². The highest BCUT2D eigenvalue weighted by Crippen LogP contribution is 2.20. The van der Waals surface area contributed by atoms with Gasteiger partial charge in [0.05, 0.1) is 16.6 Å². The molecule has 0 radical (unpaired) electrons. The molecule has 0 saturated heterocycles. The molecule has 3 aromatic carbocycles. The molecule has 0 bridgehead atoms. The first-order valence-electron chi connectivity index (χ1n) is 9.65. The SMILES string of the molecule is CN(C)C(CNC(=O)c1cccc(S(=O)(=O)Nc2ccccc2F)c1)c1ccccc1. The third-order valence-corrected chi connectivity index (χ3v) is 6.15. The number of para-hydroxylation sites is 1. The van der Waals surface area contributed by atoms with Gasteiger partial charge in [0.2, 0.25) is 0 Å². The average Bonchev–Trinajstić information content (AvgIpc) is 2.76. The van der Waals surface area contributed by atoms with Crippen LogP contribution in [0.5, 0.6) is 0 Å². The number of amides is 1. The van der Waals surface area contributed by atoms with Gasteiger partial charge in [-0.1, -0.05) is 48.5 Å². The lowest BCUT2D eigenvalue weighted by Crippen LogP contribution is -2.34. The second-order valence-electron chi connectivity index (χ2n) is 7.21. The Bertz CT molecular complexity index is 1150. The van der Waals surface area contributed by atoms with Crippen molar-refractivity contribution in [3.63, 3.8) is 0 Å². The molecule has 3 aromatic rings. The fourth-order valence-electron chi connectivity index (χ4n) is 3.12. The Labute approximate surface area is 181 Å². The summed E-state index contributed by atoms with van der Waals surface area (Å²) < 4.78 is 41.3. The molecule has 31 heavy (non-hydrogen) atoms. The van der Waals surface area contributed by atoms with E-state index in [1.165, 1.54) is 42.5 Å². The van der Waals surface area contributed by atoms with Gasteiger partial charge >= 0.3 is 0 Å². The molecule has 0 fully saturated rings. The highest BCUT2D eigenvalue weighted by Gasteiger charge is 2.19. The molecular formula is C23H24FN3O3S. The van der Waals surface area contributed by atoms with Crippen LogP contribution in [0.3, 0.4) is 0 Å². The minimum absolute atomic E-state index is 0.0419. The predicted octanol–water partition coefficient (Wildman–Crippen LogP) is 3.66. The van der Waals surface area contributed by atoms with Gasteiger partial charge in [-0.05, 0) is 50.0 Å². The van der Waals surface area contributed by atoms with Crippen LogP contribution < -0.4 is 10.0 Å². The molecule has 6 nitrogen and oxygen atoms in total. The third-order valence-electron chi connectivity index (χ3n) is 4.79. The largest absolute Gasteiger partial charge is 0.350 e. The summed E-state index contributed by atoms with van der Waals surface area (Å²) in [6, 6.07) is 20.8. The number of hydrogen-bond donors (Lipinski definition) is 2. The maximum Gasteiger partial charge on any atom is 0.262 e. The number of nitrogens with one attached hydrogen (secondary N) is 2. The first kappa shape index (κ1) is 22.5. The molecule has 1 atom stereocenters. The quantitative estimate of drug-likeness (QED) is 0.559. The van der Waals surface area contributed by atoms with Gasteiger partial charge in [-0.15, -0.1) is 0 Å². The van der Waals surface area contributed by atoms with Crippen molar-refractivity contribution in [3.05, 3.63) is 95.8 Å². The van der Waals surface area contributed by atoms with E-state index in [-0.39, 0.29) is 22.2 Å². The molecule has 162 valence electrons. The molecule has 0 aliphatic rings. The van der Waals surface area contributed by atoms with Gasteiger partial charge in [-0.2, -0.15) is 0 Å². The van der Waals surface area contributed by atoms with Crippen LogP contribution in [0.1, 0.15) is 22.0 Å². The minimum atomic E-state index is -4.06. The number of rotatable bonds is 8. The molecule has 8 heteroatoms. The van der Waals surface area contributed by atoms with Crippen molar-refractivity contribution in [2.24, 2.45) is 0 Å². The Morgan fingerprint density at radius 2 is 1.65 bits per heavy atom. The fourth-order valence-corrected chi connectivity index (χ4v) is 4.23. The van der Waals surface area contributed by atoms with Crippen LogP contribution in [-0.4, -0.2) is 39.9 Å². The number of anilines is 1. The number of sulfonamides is 1. The monoisotopic (exact) mass is 441 g/mol. The summed E-state index contributed by atoms with van der Waals surface area (Å²) in [5.41, 5.74) is 1.09. The molecule has 3 rings (SSSR count). The second-order valence-corrected chi connectivity index (χ2v) is 8.90. The Balaban J connectivity index is 1.74. The number of nitrogens with zero attached hydrogens (tertiary/aromatic N) is 1. The third kappa shape index (κ3) is 5.68. The number of likely N-dealkylation sites (N-methyl/N-ethyl adjacent to an activating group) is 1. The van der Waals surface area contributed by atoms with E-state index in [9.17, 15) is 17.6 Å². The predicted molar refractivity (Wildman–Crippen MR) is 119 cm³/mol. The van der Waals surface area contributed by atoms with Crippen LogP contribution in [0.2, 0.25) is 0 Å². The molecule has 1 unspecified atom stereocenters. The number of carbonyl (C=O) groups excluding carboxylic acids is 1. The first-order chi connectivity index (χ1) is 14.8. The highest BCUT2D eigenvalue weighted by molar-refractivity contribution is 7.92. The molecule has 0 aliphatic heterocycles. The summed E-state index contributed by atoms with van der Waals surface area (Å²) in [7, 11) is -0.214. The van der Waals surface area contributed by atoms with E-state index >= 15 is 0 Å². The van der Waals surface area contributed by atoms with Crippen molar-refractivity contribution in [1.82, 2.24) is 10.2 Å². The summed E-state index contributed by atoms with van der Waals surface area (Å²) in [6.45, 7) is 0.348. The van der Waals surface area contributed by atoms with Crippen molar-refractivity contribution in [2.45, 2.75) is 10.9 Å². The van der Waals surface area contributed by atoms with Crippen molar-refractivity contribution < 1.29 is 17.6 Å². The summed E-state index contributed by atoms with van der Waals surface area (Å²) in [5, 5.41) is 2.86. The smallest absolute Gasteiger partial charge is 0.262 e. The Morgan fingerprint density at radius 1 is 0.968 bits per heavy atom. The lowest BCUT2D eigenvalue weighted by atomic mass is 10.1. The van der Waals surface area contributed by atoms with E-state index in [1.54, 1.807) is 0 Å². The number of carbonyl (C=O) groups is 1. The molecule has 0 heterocycles. The van der Waals surface area contributed by atoms with Gasteiger partial charge in [0, 0.05) is 12.1 Å². The van der Waals surface area contributed by atoms with E-state index < -0.39 is 21.7 Å². The van der Waals surface area contributed by atoms with Crippen molar-refractivity contribution in [3.8, 4) is 0 Å². The zero-order valence-electron chi connectivity index (χ0n) is 17.2. The second kappa shape index (κ2) is 9.72. The minimum Gasteiger partial charge on any atom is -0.350 e.